The summed E-state index contributed by atoms with van der Waals surface area (Å²) >= 11 is 6.11. The van der Waals surface area contributed by atoms with Gasteiger partial charge in [0, 0.05) is 11.3 Å². The maximum absolute atomic E-state index is 12.6. The molecule has 2 aliphatic carbocycles. The zero-order valence-corrected chi connectivity index (χ0v) is 14.6. The van der Waals surface area contributed by atoms with Crippen LogP contribution in [0.1, 0.15) is 31.2 Å². The Morgan fingerprint density at radius 1 is 1.36 bits per heavy atom. The van der Waals surface area contributed by atoms with E-state index in [-0.39, 0.29) is 18.2 Å². The number of amides is 1. The number of rotatable bonds is 5. The van der Waals surface area contributed by atoms with E-state index in [1.54, 1.807) is 12.3 Å². The molecule has 132 valence electrons. The Balaban J connectivity index is 1.49. The SMILES string of the molecule is O=C(N[C@@H](Cc1coc2c(Cl)cccc12)B(O)O)[C@@H]1C[C@H]2CC[C@@H]1C2. The molecule has 3 N–H and O–H groups in total. The van der Waals surface area contributed by atoms with Crippen LogP contribution in [0.5, 0.6) is 0 Å². The predicted octanol–water partition coefficient (Wildman–Crippen LogP) is 2.56. The zero-order chi connectivity index (χ0) is 17.6. The van der Waals surface area contributed by atoms with E-state index >= 15 is 0 Å². The topological polar surface area (TPSA) is 82.7 Å². The van der Waals surface area contributed by atoms with E-state index in [0.717, 1.165) is 30.2 Å². The molecule has 1 heterocycles. The smallest absolute Gasteiger partial charge is 0.462 e. The quantitative estimate of drug-likeness (QED) is 0.715. The number of hydrogen-bond acceptors (Lipinski definition) is 4. The molecule has 7 heteroatoms. The molecule has 4 rings (SSSR count). The minimum absolute atomic E-state index is 0.00976. The highest BCUT2D eigenvalue weighted by Gasteiger charge is 2.44. The highest BCUT2D eigenvalue weighted by Crippen LogP contribution is 2.48. The first-order valence-electron chi connectivity index (χ1n) is 8.84. The highest BCUT2D eigenvalue weighted by atomic mass is 35.5. The van der Waals surface area contributed by atoms with Gasteiger partial charge in [-0.25, -0.2) is 0 Å². The van der Waals surface area contributed by atoms with E-state index in [2.05, 4.69) is 5.32 Å². The van der Waals surface area contributed by atoms with E-state index in [0.29, 0.717) is 22.4 Å². The van der Waals surface area contributed by atoms with Crippen LogP contribution in [-0.2, 0) is 11.2 Å². The van der Waals surface area contributed by atoms with Crippen LogP contribution in [0.25, 0.3) is 11.0 Å². The Hall–Kier alpha value is -1.50. The number of fused-ring (bicyclic) bond motifs is 3. The van der Waals surface area contributed by atoms with Crippen LogP contribution in [0.3, 0.4) is 0 Å². The van der Waals surface area contributed by atoms with Crippen molar-refractivity contribution in [1.29, 1.82) is 0 Å². The molecule has 0 unspecified atom stereocenters. The van der Waals surface area contributed by atoms with Crippen LogP contribution in [0.2, 0.25) is 5.02 Å². The molecule has 2 saturated carbocycles. The molecule has 2 aliphatic rings. The maximum atomic E-state index is 12.6. The summed E-state index contributed by atoms with van der Waals surface area (Å²) < 4.78 is 5.50. The highest BCUT2D eigenvalue weighted by molar-refractivity contribution is 6.43. The number of furan rings is 1. The van der Waals surface area contributed by atoms with Gasteiger partial charge >= 0.3 is 7.12 Å². The third-order valence-electron chi connectivity index (χ3n) is 5.83. The Bertz CT molecular complexity index is 792. The molecule has 0 radical (unpaired) electrons. The van der Waals surface area contributed by atoms with Gasteiger partial charge in [-0.15, -0.1) is 0 Å². The number of carbonyl (C=O) groups excluding carboxylic acids is 1. The van der Waals surface area contributed by atoms with Crippen molar-refractivity contribution >= 4 is 35.6 Å². The van der Waals surface area contributed by atoms with Gasteiger partial charge in [-0.05, 0) is 49.1 Å². The van der Waals surface area contributed by atoms with Crippen molar-refractivity contribution in [2.24, 2.45) is 17.8 Å². The molecule has 1 aromatic heterocycles. The van der Waals surface area contributed by atoms with Crippen molar-refractivity contribution in [3.8, 4) is 0 Å². The van der Waals surface area contributed by atoms with Gasteiger partial charge in [0.2, 0.25) is 5.91 Å². The molecule has 2 bridgehead atoms. The molecule has 5 nitrogen and oxygen atoms in total. The summed E-state index contributed by atoms with van der Waals surface area (Å²) in [6, 6.07) is 5.44. The lowest BCUT2D eigenvalue weighted by Gasteiger charge is -2.24. The first-order chi connectivity index (χ1) is 12.0. The zero-order valence-electron chi connectivity index (χ0n) is 13.8. The van der Waals surface area contributed by atoms with Crippen molar-refractivity contribution in [2.45, 2.75) is 38.0 Å². The largest absolute Gasteiger partial charge is 0.475 e. The van der Waals surface area contributed by atoms with E-state index in [1.165, 1.54) is 6.42 Å². The lowest BCUT2D eigenvalue weighted by atomic mass is 9.75. The van der Waals surface area contributed by atoms with Gasteiger partial charge in [-0.2, -0.15) is 0 Å². The lowest BCUT2D eigenvalue weighted by molar-refractivity contribution is -0.126. The normalized spacial score (nSPS) is 26.1. The third kappa shape index (κ3) is 3.19. The van der Waals surface area contributed by atoms with E-state index in [1.807, 2.05) is 12.1 Å². The molecule has 1 aromatic carbocycles. The number of nitrogens with one attached hydrogen (secondary N) is 1. The van der Waals surface area contributed by atoms with E-state index < -0.39 is 13.1 Å². The minimum Gasteiger partial charge on any atom is -0.462 e. The summed E-state index contributed by atoms with van der Waals surface area (Å²) in [5.74, 6) is 0.298. The van der Waals surface area contributed by atoms with Gasteiger partial charge in [-0.3, -0.25) is 4.79 Å². The molecular weight excluding hydrogens is 340 g/mol. The van der Waals surface area contributed by atoms with Gasteiger partial charge in [0.15, 0.2) is 5.58 Å². The number of hydrogen-bond donors (Lipinski definition) is 3. The van der Waals surface area contributed by atoms with Gasteiger partial charge in [0.05, 0.1) is 17.2 Å². The number of carbonyl (C=O) groups is 1. The molecule has 2 fully saturated rings. The molecule has 1 amide bonds. The molecule has 0 aliphatic heterocycles. The summed E-state index contributed by atoms with van der Waals surface area (Å²) in [6.07, 6.45) is 6.24. The van der Waals surface area contributed by atoms with E-state index in [9.17, 15) is 14.8 Å². The standard InChI is InChI=1S/C18H21BClNO4/c20-15-3-1-2-13-12(9-25-17(13)15)8-16(19(23)24)21-18(22)14-7-10-4-5-11(14)6-10/h1-3,9-11,14,16,23-24H,4-8H2,(H,21,22)/t10-,11+,14+,16-/m0/s1. The average Bonchev–Trinajstić information content (AvgIpc) is 3.30. The van der Waals surface area contributed by atoms with Gasteiger partial charge in [0.25, 0.3) is 0 Å². The first kappa shape index (κ1) is 16.9. The fourth-order valence-corrected chi connectivity index (χ4v) is 4.78. The van der Waals surface area contributed by atoms with Crippen LogP contribution in [0.15, 0.2) is 28.9 Å². The van der Waals surface area contributed by atoms with Crippen molar-refractivity contribution in [3.63, 3.8) is 0 Å². The van der Waals surface area contributed by atoms with E-state index in [4.69, 9.17) is 16.0 Å². The molecule has 25 heavy (non-hydrogen) atoms. The van der Waals surface area contributed by atoms with Crippen molar-refractivity contribution in [3.05, 3.63) is 35.0 Å². The van der Waals surface area contributed by atoms with Crippen molar-refractivity contribution < 1.29 is 19.3 Å². The Kier molecular flexibility index (Phi) is 4.52. The van der Waals surface area contributed by atoms with Gasteiger partial charge in [-0.1, -0.05) is 30.2 Å². The first-order valence-corrected chi connectivity index (χ1v) is 9.22. The Labute approximate surface area is 151 Å². The monoisotopic (exact) mass is 361 g/mol. The third-order valence-corrected chi connectivity index (χ3v) is 6.13. The minimum atomic E-state index is -1.63. The second kappa shape index (κ2) is 6.67. The Morgan fingerprint density at radius 3 is 2.88 bits per heavy atom. The summed E-state index contributed by atoms with van der Waals surface area (Å²) in [4.78, 5) is 12.6. The lowest BCUT2D eigenvalue weighted by Crippen LogP contribution is -2.50. The molecule has 0 spiro atoms. The second-order valence-corrected chi connectivity index (χ2v) is 7.80. The number of benzene rings is 1. The number of halogens is 1. The fraction of sp³-hybridized carbons (Fsp3) is 0.500. The second-order valence-electron chi connectivity index (χ2n) is 7.39. The van der Waals surface area contributed by atoms with Crippen LogP contribution in [-0.4, -0.2) is 29.0 Å². The summed E-state index contributed by atoms with van der Waals surface area (Å²) in [7, 11) is -1.63. The van der Waals surface area contributed by atoms with Gasteiger partial charge < -0.3 is 19.8 Å². The summed E-state index contributed by atoms with van der Waals surface area (Å²) in [5, 5.41) is 23.7. The summed E-state index contributed by atoms with van der Waals surface area (Å²) in [5.41, 5.74) is 1.37. The maximum Gasteiger partial charge on any atom is 0.475 e. The van der Waals surface area contributed by atoms with Crippen molar-refractivity contribution in [2.75, 3.05) is 0 Å². The molecule has 2 aromatic rings. The molecule has 4 atom stereocenters. The summed E-state index contributed by atoms with van der Waals surface area (Å²) in [6.45, 7) is 0. The fourth-order valence-electron chi connectivity index (χ4n) is 4.56. The predicted molar refractivity (Wildman–Crippen MR) is 96.0 cm³/mol. The molecular formula is C18H21BClNO4. The Morgan fingerprint density at radius 2 is 2.20 bits per heavy atom. The van der Waals surface area contributed by atoms with Crippen molar-refractivity contribution in [1.82, 2.24) is 5.32 Å². The average molecular weight is 362 g/mol. The van der Waals surface area contributed by atoms with Crippen LogP contribution in [0.4, 0.5) is 0 Å². The number of para-hydroxylation sites is 1. The van der Waals surface area contributed by atoms with Crippen LogP contribution >= 0.6 is 11.6 Å². The van der Waals surface area contributed by atoms with Crippen LogP contribution < -0.4 is 5.32 Å². The molecule has 0 saturated heterocycles. The van der Waals surface area contributed by atoms with Gasteiger partial charge in [0.1, 0.15) is 0 Å². The van der Waals surface area contributed by atoms with Crippen LogP contribution in [0, 0.1) is 17.8 Å².